The number of aryl methyl sites for hydroxylation is 1. The van der Waals surface area contributed by atoms with Crippen molar-refractivity contribution in [1.82, 2.24) is 0 Å². The number of nitrogens with zero attached hydrogens (tertiary/aromatic N) is 1. The third kappa shape index (κ3) is 3.11. The Bertz CT molecular complexity index is 427. The number of anilines is 1. The molecule has 0 amide bonds. The Morgan fingerprint density at radius 1 is 1.32 bits per heavy atom. The predicted molar refractivity (Wildman–Crippen MR) is 81.6 cm³/mol. The molecule has 1 aliphatic rings. The molecule has 0 radical (unpaired) electrons. The average molecular weight is 261 g/mol. The number of aliphatic hydroxyl groups excluding tert-OH is 1. The molecule has 1 fully saturated rings. The molecule has 19 heavy (non-hydrogen) atoms. The second-order valence-electron chi connectivity index (χ2n) is 6.61. The summed E-state index contributed by atoms with van der Waals surface area (Å²) < 4.78 is 0. The molecule has 0 heterocycles. The van der Waals surface area contributed by atoms with Crippen LogP contribution in [0.3, 0.4) is 0 Å². The number of likely N-dealkylation sites (N-methyl/N-ethyl adjacent to an activating group) is 1. The fraction of sp³-hybridized carbons (Fsp3) is 0.647. The van der Waals surface area contributed by atoms with Crippen molar-refractivity contribution in [2.45, 2.75) is 59.1 Å². The third-order valence-corrected chi connectivity index (χ3v) is 4.49. The normalized spacial score (nSPS) is 26.2. The van der Waals surface area contributed by atoms with E-state index in [1.807, 2.05) is 0 Å². The first-order chi connectivity index (χ1) is 8.94. The van der Waals surface area contributed by atoms with Gasteiger partial charge in [0.05, 0.1) is 12.1 Å². The smallest absolute Gasteiger partial charge is 0.0743 e. The number of hydrogen-bond donors (Lipinski definition) is 1. The van der Waals surface area contributed by atoms with Gasteiger partial charge in [-0.15, -0.1) is 0 Å². The average Bonchev–Trinajstić information content (AvgIpc) is 2.36. The van der Waals surface area contributed by atoms with E-state index >= 15 is 0 Å². The van der Waals surface area contributed by atoms with Gasteiger partial charge in [0.15, 0.2) is 0 Å². The van der Waals surface area contributed by atoms with Crippen LogP contribution in [0, 0.1) is 12.3 Å². The zero-order chi connectivity index (χ0) is 14.0. The summed E-state index contributed by atoms with van der Waals surface area (Å²) in [5, 5.41) is 10.4. The van der Waals surface area contributed by atoms with Crippen LogP contribution in [-0.4, -0.2) is 23.8 Å². The number of benzene rings is 1. The first kappa shape index (κ1) is 14.4. The molecule has 0 aliphatic heterocycles. The highest BCUT2D eigenvalue weighted by Gasteiger charge is 2.37. The van der Waals surface area contributed by atoms with Crippen molar-refractivity contribution in [1.29, 1.82) is 0 Å². The number of rotatable bonds is 3. The third-order valence-electron chi connectivity index (χ3n) is 4.49. The fourth-order valence-corrected chi connectivity index (χ4v) is 3.32. The van der Waals surface area contributed by atoms with Gasteiger partial charge in [-0.05, 0) is 50.2 Å². The molecule has 0 saturated heterocycles. The van der Waals surface area contributed by atoms with Crippen molar-refractivity contribution in [3.8, 4) is 0 Å². The van der Waals surface area contributed by atoms with Crippen LogP contribution in [0.5, 0.6) is 0 Å². The molecule has 1 saturated carbocycles. The Labute approximate surface area is 117 Å². The minimum Gasteiger partial charge on any atom is -0.391 e. The largest absolute Gasteiger partial charge is 0.391 e. The van der Waals surface area contributed by atoms with Gasteiger partial charge in [0, 0.05) is 12.2 Å². The van der Waals surface area contributed by atoms with Crippen LogP contribution >= 0.6 is 0 Å². The van der Waals surface area contributed by atoms with Crippen LogP contribution in [0.15, 0.2) is 24.3 Å². The lowest BCUT2D eigenvalue weighted by Crippen LogP contribution is -2.49. The van der Waals surface area contributed by atoms with E-state index in [1.54, 1.807) is 0 Å². The van der Waals surface area contributed by atoms with Crippen molar-refractivity contribution in [3.63, 3.8) is 0 Å². The van der Waals surface area contributed by atoms with E-state index in [2.05, 4.69) is 56.9 Å². The quantitative estimate of drug-likeness (QED) is 0.895. The van der Waals surface area contributed by atoms with E-state index in [0.717, 1.165) is 25.8 Å². The Kier molecular flexibility index (Phi) is 4.19. The molecule has 1 aromatic rings. The number of hydrogen-bond acceptors (Lipinski definition) is 2. The van der Waals surface area contributed by atoms with Crippen molar-refractivity contribution < 1.29 is 5.11 Å². The maximum Gasteiger partial charge on any atom is 0.0743 e. The number of aliphatic hydroxyl groups is 1. The molecule has 2 heteroatoms. The maximum atomic E-state index is 10.4. The molecule has 106 valence electrons. The minimum atomic E-state index is -0.201. The molecule has 2 nitrogen and oxygen atoms in total. The molecule has 0 spiro atoms. The second kappa shape index (κ2) is 5.54. The summed E-state index contributed by atoms with van der Waals surface area (Å²) in [5.74, 6) is 0. The van der Waals surface area contributed by atoms with Crippen LogP contribution in [0.2, 0.25) is 0 Å². The summed E-state index contributed by atoms with van der Waals surface area (Å²) in [6, 6.07) is 8.74. The Hall–Kier alpha value is -1.02. The summed E-state index contributed by atoms with van der Waals surface area (Å²) in [4.78, 5) is 2.39. The van der Waals surface area contributed by atoms with Gasteiger partial charge in [0.1, 0.15) is 0 Å². The van der Waals surface area contributed by atoms with E-state index in [4.69, 9.17) is 0 Å². The van der Waals surface area contributed by atoms with Crippen LogP contribution in [0.25, 0.3) is 0 Å². The highest BCUT2D eigenvalue weighted by Crippen LogP contribution is 2.39. The first-order valence-corrected chi connectivity index (χ1v) is 7.45. The summed E-state index contributed by atoms with van der Waals surface area (Å²) in [5.41, 5.74) is 2.90. The van der Waals surface area contributed by atoms with E-state index in [-0.39, 0.29) is 12.1 Å². The van der Waals surface area contributed by atoms with E-state index in [0.29, 0.717) is 5.41 Å². The summed E-state index contributed by atoms with van der Waals surface area (Å²) in [6.45, 7) is 9.91. The molecular weight excluding hydrogens is 234 g/mol. The molecule has 1 aliphatic carbocycles. The zero-order valence-corrected chi connectivity index (χ0v) is 12.7. The summed E-state index contributed by atoms with van der Waals surface area (Å²) >= 11 is 0. The van der Waals surface area contributed by atoms with Crippen molar-refractivity contribution in [2.24, 2.45) is 5.41 Å². The lowest BCUT2D eigenvalue weighted by Gasteiger charge is -2.45. The Balaban J connectivity index is 2.28. The predicted octanol–water partition coefficient (Wildman–Crippen LogP) is 3.76. The van der Waals surface area contributed by atoms with Gasteiger partial charge < -0.3 is 10.0 Å². The first-order valence-electron chi connectivity index (χ1n) is 7.45. The fourth-order valence-electron chi connectivity index (χ4n) is 3.32. The standard InChI is InChI=1S/C17H27NO/c1-5-18(14-9-7-6-8-13(14)2)15-12-17(3,4)11-10-16(15)19/h6-9,15-16,19H,5,10-12H2,1-4H3. The molecule has 2 unspecified atom stereocenters. The number of para-hydroxylation sites is 1. The monoisotopic (exact) mass is 261 g/mol. The van der Waals surface area contributed by atoms with Gasteiger partial charge in [-0.1, -0.05) is 32.0 Å². The van der Waals surface area contributed by atoms with Crippen molar-refractivity contribution in [3.05, 3.63) is 29.8 Å². The van der Waals surface area contributed by atoms with Gasteiger partial charge >= 0.3 is 0 Å². The SMILES string of the molecule is CCN(c1ccccc1C)C1CC(C)(C)CCC1O. The molecule has 2 atom stereocenters. The van der Waals surface area contributed by atoms with Crippen LogP contribution in [-0.2, 0) is 0 Å². The summed E-state index contributed by atoms with van der Waals surface area (Å²) in [6.07, 6.45) is 2.90. The molecule has 1 N–H and O–H groups in total. The maximum absolute atomic E-state index is 10.4. The van der Waals surface area contributed by atoms with Crippen LogP contribution in [0.4, 0.5) is 5.69 Å². The lowest BCUT2D eigenvalue weighted by molar-refractivity contribution is 0.0556. The Morgan fingerprint density at radius 3 is 2.63 bits per heavy atom. The molecular formula is C17H27NO. The molecule has 1 aromatic carbocycles. The topological polar surface area (TPSA) is 23.5 Å². The summed E-state index contributed by atoms with van der Waals surface area (Å²) in [7, 11) is 0. The van der Waals surface area contributed by atoms with Gasteiger partial charge in [-0.3, -0.25) is 0 Å². The van der Waals surface area contributed by atoms with Gasteiger partial charge in [0.2, 0.25) is 0 Å². The van der Waals surface area contributed by atoms with E-state index in [9.17, 15) is 5.11 Å². The van der Waals surface area contributed by atoms with Crippen molar-refractivity contribution >= 4 is 5.69 Å². The molecule has 2 rings (SSSR count). The van der Waals surface area contributed by atoms with Gasteiger partial charge in [-0.25, -0.2) is 0 Å². The van der Waals surface area contributed by atoms with Crippen molar-refractivity contribution in [2.75, 3.05) is 11.4 Å². The van der Waals surface area contributed by atoms with E-state index < -0.39 is 0 Å². The van der Waals surface area contributed by atoms with Crippen LogP contribution in [0.1, 0.15) is 45.6 Å². The van der Waals surface area contributed by atoms with Gasteiger partial charge in [-0.2, -0.15) is 0 Å². The second-order valence-corrected chi connectivity index (χ2v) is 6.61. The lowest BCUT2D eigenvalue weighted by atomic mass is 9.73. The molecule has 0 aromatic heterocycles. The highest BCUT2D eigenvalue weighted by atomic mass is 16.3. The highest BCUT2D eigenvalue weighted by molar-refractivity contribution is 5.54. The van der Waals surface area contributed by atoms with Crippen LogP contribution < -0.4 is 4.90 Å². The molecule has 0 bridgehead atoms. The minimum absolute atomic E-state index is 0.201. The Morgan fingerprint density at radius 2 is 2.00 bits per heavy atom. The zero-order valence-electron chi connectivity index (χ0n) is 12.7. The van der Waals surface area contributed by atoms with E-state index in [1.165, 1.54) is 11.3 Å². The van der Waals surface area contributed by atoms with Gasteiger partial charge in [0.25, 0.3) is 0 Å².